The van der Waals surface area contributed by atoms with Crippen LogP contribution in [0.4, 0.5) is 0 Å². The Bertz CT molecular complexity index is 390. The number of rotatable bonds is 3. The average molecular weight is 246 g/mol. The van der Waals surface area contributed by atoms with Gasteiger partial charge in [-0.1, -0.05) is 12.1 Å². The smallest absolute Gasteiger partial charge is 0.118 e. The SMILES string of the molecule is COc1ccc(CN2CCC3CNCC3C2)cc1. The molecule has 1 aromatic rings. The predicted octanol–water partition coefficient (Wildman–Crippen LogP) is 1.74. The Morgan fingerprint density at radius 2 is 2.00 bits per heavy atom. The Morgan fingerprint density at radius 3 is 2.78 bits per heavy atom. The van der Waals surface area contributed by atoms with Crippen LogP contribution in [0, 0.1) is 11.8 Å². The lowest BCUT2D eigenvalue weighted by molar-refractivity contribution is 0.142. The minimum Gasteiger partial charge on any atom is -0.497 e. The monoisotopic (exact) mass is 246 g/mol. The van der Waals surface area contributed by atoms with Gasteiger partial charge in [0, 0.05) is 13.1 Å². The highest BCUT2D eigenvalue weighted by atomic mass is 16.5. The molecule has 0 aliphatic carbocycles. The number of methoxy groups -OCH3 is 1. The summed E-state index contributed by atoms with van der Waals surface area (Å²) < 4.78 is 5.19. The summed E-state index contributed by atoms with van der Waals surface area (Å²) in [6, 6.07) is 8.47. The molecule has 2 fully saturated rings. The molecular formula is C15H22N2O. The van der Waals surface area contributed by atoms with E-state index in [1.54, 1.807) is 7.11 Å². The zero-order chi connectivity index (χ0) is 12.4. The second-order valence-corrected chi connectivity index (χ2v) is 5.55. The third kappa shape index (κ3) is 2.52. The first-order valence-electron chi connectivity index (χ1n) is 6.91. The Hall–Kier alpha value is -1.06. The quantitative estimate of drug-likeness (QED) is 0.879. The van der Waals surface area contributed by atoms with Crippen LogP contribution in [0.5, 0.6) is 5.75 Å². The van der Waals surface area contributed by atoms with Gasteiger partial charge in [-0.15, -0.1) is 0 Å². The van der Waals surface area contributed by atoms with Gasteiger partial charge in [0.1, 0.15) is 5.75 Å². The Kier molecular flexibility index (Phi) is 3.52. The largest absolute Gasteiger partial charge is 0.497 e. The van der Waals surface area contributed by atoms with Crippen molar-refractivity contribution in [1.82, 2.24) is 10.2 Å². The number of piperidine rings is 1. The maximum absolute atomic E-state index is 5.19. The molecule has 2 saturated heterocycles. The van der Waals surface area contributed by atoms with Crippen molar-refractivity contribution in [3.63, 3.8) is 0 Å². The fraction of sp³-hybridized carbons (Fsp3) is 0.600. The van der Waals surface area contributed by atoms with E-state index in [1.807, 2.05) is 0 Å². The topological polar surface area (TPSA) is 24.5 Å². The fourth-order valence-electron chi connectivity index (χ4n) is 3.24. The molecule has 0 amide bonds. The van der Waals surface area contributed by atoms with Crippen LogP contribution in [0.25, 0.3) is 0 Å². The van der Waals surface area contributed by atoms with E-state index in [9.17, 15) is 0 Å². The first-order chi connectivity index (χ1) is 8.85. The molecule has 0 spiro atoms. The number of benzene rings is 1. The van der Waals surface area contributed by atoms with Gasteiger partial charge in [-0.2, -0.15) is 0 Å². The van der Waals surface area contributed by atoms with Gasteiger partial charge < -0.3 is 10.1 Å². The van der Waals surface area contributed by atoms with Crippen LogP contribution in [-0.2, 0) is 6.54 Å². The highest BCUT2D eigenvalue weighted by Crippen LogP contribution is 2.27. The molecule has 0 saturated carbocycles. The molecule has 2 unspecified atom stereocenters. The molecule has 0 radical (unpaired) electrons. The second-order valence-electron chi connectivity index (χ2n) is 5.55. The second kappa shape index (κ2) is 5.29. The van der Waals surface area contributed by atoms with E-state index in [1.165, 1.54) is 38.2 Å². The highest BCUT2D eigenvalue weighted by Gasteiger charge is 2.32. The van der Waals surface area contributed by atoms with Gasteiger partial charge in [0.25, 0.3) is 0 Å². The lowest BCUT2D eigenvalue weighted by Crippen LogP contribution is -2.39. The van der Waals surface area contributed by atoms with Gasteiger partial charge in [0.05, 0.1) is 7.11 Å². The third-order valence-corrected chi connectivity index (χ3v) is 4.35. The van der Waals surface area contributed by atoms with Gasteiger partial charge in [-0.3, -0.25) is 4.90 Å². The van der Waals surface area contributed by atoms with E-state index in [4.69, 9.17) is 4.74 Å². The number of nitrogens with zero attached hydrogens (tertiary/aromatic N) is 1. The molecule has 0 aromatic heterocycles. The standard InChI is InChI=1S/C15H22N2O/c1-18-15-4-2-12(3-5-15)10-17-7-6-13-8-16-9-14(13)11-17/h2-5,13-14,16H,6-11H2,1H3. The van der Waals surface area contributed by atoms with Crippen molar-refractivity contribution in [1.29, 1.82) is 0 Å². The van der Waals surface area contributed by atoms with Crippen LogP contribution in [0.1, 0.15) is 12.0 Å². The molecule has 1 aromatic carbocycles. The molecule has 3 heteroatoms. The van der Waals surface area contributed by atoms with Gasteiger partial charge >= 0.3 is 0 Å². The molecule has 2 aliphatic heterocycles. The number of ether oxygens (including phenoxy) is 1. The summed E-state index contributed by atoms with van der Waals surface area (Å²) in [4.78, 5) is 2.59. The maximum atomic E-state index is 5.19. The number of fused-ring (bicyclic) bond motifs is 1. The molecule has 2 aliphatic rings. The molecule has 1 N–H and O–H groups in total. The van der Waals surface area contributed by atoms with Crippen LogP contribution < -0.4 is 10.1 Å². The van der Waals surface area contributed by atoms with Gasteiger partial charge in [0.15, 0.2) is 0 Å². The Labute approximate surface area is 109 Å². The lowest BCUT2D eigenvalue weighted by Gasteiger charge is -2.34. The van der Waals surface area contributed by atoms with Crippen molar-refractivity contribution in [2.75, 3.05) is 33.3 Å². The number of likely N-dealkylation sites (tertiary alicyclic amines) is 1. The third-order valence-electron chi connectivity index (χ3n) is 4.35. The minimum absolute atomic E-state index is 0.872. The summed E-state index contributed by atoms with van der Waals surface area (Å²) in [5, 5.41) is 3.52. The molecule has 2 heterocycles. The summed E-state index contributed by atoms with van der Waals surface area (Å²) in [5.41, 5.74) is 1.39. The fourth-order valence-corrected chi connectivity index (χ4v) is 3.24. The van der Waals surface area contributed by atoms with Crippen LogP contribution in [0.15, 0.2) is 24.3 Å². The van der Waals surface area contributed by atoms with Gasteiger partial charge in [-0.05, 0) is 55.6 Å². The zero-order valence-corrected chi connectivity index (χ0v) is 11.1. The molecule has 0 bridgehead atoms. The number of hydrogen-bond donors (Lipinski definition) is 1. The van der Waals surface area contributed by atoms with E-state index in [0.29, 0.717) is 0 Å². The highest BCUT2D eigenvalue weighted by molar-refractivity contribution is 5.27. The van der Waals surface area contributed by atoms with Crippen molar-refractivity contribution in [2.24, 2.45) is 11.8 Å². The number of nitrogens with one attached hydrogen (secondary N) is 1. The minimum atomic E-state index is 0.872. The molecule has 3 nitrogen and oxygen atoms in total. The van der Waals surface area contributed by atoms with Crippen molar-refractivity contribution >= 4 is 0 Å². The molecular weight excluding hydrogens is 224 g/mol. The molecule has 98 valence electrons. The summed E-state index contributed by atoms with van der Waals surface area (Å²) in [5.74, 6) is 2.74. The Morgan fingerprint density at radius 1 is 1.22 bits per heavy atom. The maximum Gasteiger partial charge on any atom is 0.118 e. The summed E-state index contributed by atoms with van der Waals surface area (Å²) in [6.07, 6.45) is 1.35. The zero-order valence-electron chi connectivity index (χ0n) is 11.1. The van der Waals surface area contributed by atoms with Crippen LogP contribution in [0.2, 0.25) is 0 Å². The van der Waals surface area contributed by atoms with Crippen LogP contribution in [-0.4, -0.2) is 38.2 Å². The van der Waals surface area contributed by atoms with E-state index in [-0.39, 0.29) is 0 Å². The van der Waals surface area contributed by atoms with Gasteiger partial charge in [-0.25, -0.2) is 0 Å². The van der Waals surface area contributed by atoms with Gasteiger partial charge in [0.2, 0.25) is 0 Å². The van der Waals surface area contributed by atoms with Crippen LogP contribution >= 0.6 is 0 Å². The molecule has 18 heavy (non-hydrogen) atoms. The summed E-state index contributed by atoms with van der Waals surface area (Å²) in [6.45, 7) is 6.02. The van der Waals surface area contributed by atoms with Crippen molar-refractivity contribution in [2.45, 2.75) is 13.0 Å². The molecule has 3 rings (SSSR count). The van der Waals surface area contributed by atoms with Crippen molar-refractivity contribution < 1.29 is 4.74 Å². The van der Waals surface area contributed by atoms with Crippen LogP contribution in [0.3, 0.4) is 0 Å². The number of hydrogen-bond acceptors (Lipinski definition) is 3. The van der Waals surface area contributed by atoms with E-state index in [2.05, 4.69) is 34.5 Å². The summed E-state index contributed by atoms with van der Waals surface area (Å²) >= 11 is 0. The van der Waals surface area contributed by atoms with E-state index in [0.717, 1.165) is 24.1 Å². The van der Waals surface area contributed by atoms with Crippen molar-refractivity contribution in [3.8, 4) is 5.75 Å². The lowest BCUT2D eigenvalue weighted by atomic mass is 9.88. The molecule has 2 atom stereocenters. The Balaban J connectivity index is 1.58. The normalized spacial score (nSPS) is 28.1. The first kappa shape index (κ1) is 12.0. The first-order valence-corrected chi connectivity index (χ1v) is 6.91. The van der Waals surface area contributed by atoms with E-state index >= 15 is 0 Å². The van der Waals surface area contributed by atoms with Crippen molar-refractivity contribution in [3.05, 3.63) is 29.8 Å². The predicted molar refractivity (Wildman–Crippen MR) is 72.7 cm³/mol. The van der Waals surface area contributed by atoms with E-state index < -0.39 is 0 Å². The average Bonchev–Trinajstić information content (AvgIpc) is 2.87. The summed E-state index contributed by atoms with van der Waals surface area (Å²) in [7, 11) is 1.72.